The van der Waals surface area contributed by atoms with Crippen molar-refractivity contribution in [3.05, 3.63) is 83.4 Å². The Morgan fingerprint density at radius 1 is 0.933 bits per heavy atom. The van der Waals surface area contributed by atoms with Crippen molar-refractivity contribution in [3.63, 3.8) is 0 Å². The zero-order valence-electron chi connectivity index (χ0n) is 16.9. The van der Waals surface area contributed by atoms with Gasteiger partial charge in [-0.15, -0.1) is 0 Å². The summed E-state index contributed by atoms with van der Waals surface area (Å²) in [6.45, 7) is 0.601. The van der Waals surface area contributed by atoms with Crippen molar-refractivity contribution in [2.45, 2.75) is 13.0 Å². The van der Waals surface area contributed by atoms with Crippen molar-refractivity contribution in [3.8, 4) is 16.9 Å². The fourth-order valence-electron chi connectivity index (χ4n) is 3.12. The van der Waals surface area contributed by atoms with Gasteiger partial charge in [-0.3, -0.25) is 4.79 Å². The molecule has 3 N–H and O–H groups in total. The van der Waals surface area contributed by atoms with Crippen molar-refractivity contribution >= 4 is 17.6 Å². The molecule has 0 radical (unpaired) electrons. The monoisotopic (exact) mass is 404 g/mol. The highest BCUT2D eigenvalue weighted by molar-refractivity contribution is 5.93. The van der Waals surface area contributed by atoms with Gasteiger partial charge >= 0.3 is 5.97 Å². The maximum absolute atomic E-state index is 11.6. The van der Waals surface area contributed by atoms with E-state index in [2.05, 4.69) is 15.4 Å². The summed E-state index contributed by atoms with van der Waals surface area (Å²) in [5, 5.41) is 16.1. The maximum atomic E-state index is 11.6. The first-order valence-corrected chi connectivity index (χ1v) is 9.54. The van der Waals surface area contributed by atoms with Crippen LogP contribution < -0.4 is 10.6 Å². The highest BCUT2D eigenvalue weighted by Gasteiger charge is 2.12. The number of carbonyl (C=O) groups is 2. The Morgan fingerprint density at radius 3 is 2.40 bits per heavy atom. The molecule has 0 saturated heterocycles. The number of nitrogens with one attached hydrogen (secondary N) is 2. The molecule has 3 aromatic rings. The van der Waals surface area contributed by atoms with Crippen molar-refractivity contribution < 1.29 is 19.4 Å². The van der Waals surface area contributed by atoms with E-state index in [1.165, 1.54) is 7.11 Å². The molecule has 0 atom stereocenters. The van der Waals surface area contributed by atoms with Gasteiger partial charge < -0.3 is 20.5 Å². The first-order valence-electron chi connectivity index (χ1n) is 9.54. The van der Waals surface area contributed by atoms with E-state index < -0.39 is 5.97 Å². The van der Waals surface area contributed by atoms with Crippen LogP contribution in [-0.2, 0) is 22.5 Å². The first kappa shape index (κ1) is 20.9. The van der Waals surface area contributed by atoms with Crippen LogP contribution in [0.1, 0.15) is 21.5 Å². The number of methoxy groups -OCH3 is 1. The third-order valence-corrected chi connectivity index (χ3v) is 4.73. The average Bonchev–Trinajstić information content (AvgIpc) is 2.77. The first-order chi connectivity index (χ1) is 14.5. The molecule has 0 spiro atoms. The molecule has 0 bridgehead atoms. The molecule has 0 heterocycles. The summed E-state index contributed by atoms with van der Waals surface area (Å²) in [6, 6.07) is 20.6. The molecule has 0 aromatic heterocycles. The van der Waals surface area contributed by atoms with Crippen LogP contribution in [0.3, 0.4) is 0 Å². The van der Waals surface area contributed by atoms with E-state index in [-0.39, 0.29) is 17.2 Å². The minimum Gasteiger partial charge on any atom is -0.507 e. The Hall–Kier alpha value is -3.80. The molecule has 3 rings (SSSR count). The number of phenols is 1. The Balaban J connectivity index is 1.72. The Morgan fingerprint density at radius 2 is 1.67 bits per heavy atom. The summed E-state index contributed by atoms with van der Waals surface area (Å²) in [7, 11) is 2.90. The lowest BCUT2D eigenvalue weighted by Crippen LogP contribution is -2.19. The Kier molecular flexibility index (Phi) is 6.70. The van der Waals surface area contributed by atoms with Gasteiger partial charge in [0, 0.05) is 19.3 Å². The fraction of sp³-hybridized carbons (Fsp3) is 0.167. The van der Waals surface area contributed by atoms with Crippen molar-refractivity contribution in [2.24, 2.45) is 0 Å². The molecule has 3 aromatic carbocycles. The number of hydrogen-bond acceptors (Lipinski definition) is 5. The van der Waals surface area contributed by atoms with E-state index in [1.54, 1.807) is 25.2 Å². The van der Waals surface area contributed by atoms with Gasteiger partial charge in [0.25, 0.3) is 0 Å². The zero-order valence-corrected chi connectivity index (χ0v) is 16.9. The van der Waals surface area contributed by atoms with Crippen LogP contribution >= 0.6 is 0 Å². The van der Waals surface area contributed by atoms with Crippen molar-refractivity contribution in [1.82, 2.24) is 5.32 Å². The molecule has 0 unspecified atom stereocenters. The Labute approximate surface area is 175 Å². The van der Waals surface area contributed by atoms with E-state index >= 15 is 0 Å². The van der Waals surface area contributed by atoms with Crippen LogP contribution in [0.25, 0.3) is 11.1 Å². The second-order valence-electron chi connectivity index (χ2n) is 6.83. The van der Waals surface area contributed by atoms with Crippen LogP contribution in [0.2, 0.25) is 0 Å². The normalized spacial score (nSPS) is 10.3. The van der Waals surface area contributed by atoms with Gasteiger partial charge in [-0.2, -0.15) is 0 Å². The van der Waals surface area contributed by atoms with Gasteiger partial charge in [0.05, 0.1) is 13.5 Å². The van der Waals surface area contributed by atoms with Gasteiger partial charge in [-0.1, -0.05) is 36.4 Å². The second-order valence-corrected chi connectivity index (χ2v) is 6.83. The van der Waals surface area contributed by atoms with Crippen molar-refractivity contribution in [2.75, 3.05) is 19.5 Å². The van der Waals surface area contributed by atoms with Gasteiger partial charge in [0.1, 0.15) is 11.3 Å². The summed E-state index contributed by atoms with van der Waals surface area (Å²) in [5.41, 5.74) is 4.79. The molecule has 6 heteroatoms. The molecule has 0 aliphatic heterocycles. The van der Waals surface area contributed by atoms with Crippen LogP contribution in [0.15, 0.2) is 66.7 Å². The largest absolute Gasteiger partial charge is 0.507 e. The van der Waals surface area contributed by atoms with Crippen molar-refractivity contribution in [1.29, 1.82) is 0 Å². The number of ether oxygens (including phenoxy) is 1. The predicted molar refractivity (Wildman–Crippen MR) is 116 cm³/mol. The smallest absolute Gasteiger partial charge is 0.341 e. The number of esters is 1. The zero-order chi connectivity index (χ0) is 21.5. The summed E-state index contributed by atoms with van der Waals surface area (Å²) >= 11 is 0. The molecule has 0 fully saturated rings. The molecular weight excluding hydrogens is 380 g/mol. The summed E-state index contributed by atoms with van der Waals surface area (Å²) in [4.78, 5) is 23.2. The molecule has 0 saturated carbocycles. The van der Waals surface area contributed by atoms with E-state index in [0.717, 1.165) is 27.9 Å². The number of carbonyl (C=O) groups excluding carboxylic acids is 2. The number of amides is 1. The highest BCUT2D eigenvalue weighted by atomic mass is 16.5. The van der Waals surface area contributed by atoms with Gasteiger partial charge in [-0.25, -0.2) is 4.79 Å². The summed E-state index contributed by atoms with van der Waals surface area (Å²) in [5.74, 6) is -0.715. The van der Waals surface area contributed by atoms with E-state index in [9.17, 15) is 14.7 Å². The minimum atomic E-state index is -0.573. The number of likely N-dealkylation sites (N-methyl/N-ethyl adjacent to an activating group) is 1. The second kappa shape index (κ2) is 9.60. The quantitative estimate of drug-likeness (QED) is 0.522. The predicted octanol–water partition coefficient (Wildman–Crippen LogP) is 3.75. The third kappa shape index (κ3) is 5.17. The standard InChI is InChI=1S/C24H24N2O4/c1-25-23(28)13-16-5-4-8-20(12-16)26-15-17-6-3-7-18(11-17)19-9-10-21(22(27)14-19)24(29)30-2/h3-12,14,26-27H,13,15H2,1-2H3,(H,25,28). The maximum Gasteiger partial charge on any atom is 0.341 e. The lowest BCUT2D eigenvalue weighted by molar-refractivity contribution is -0.119. The van der Waals surface area contributed by atoms with E-state index in [1.807, 2.05) is 48.5 Å². The SMILES string of the molecule is CNC(=O)Cc1cccc(NCc2cccc(-c3ccc(C(=O)OC)c(O)c3)c2)c1. The van der Waals surface area contributed by atoms with E-state index in [4.69, 9.17) is 0 Å². The molecule has 1 amide bonds. The van der Waals surface area contributed by atoms with Crippen LogP contribution in [0.4, 0.5) is 5.69 Å². The molecular formula is C24H24N2O4. The number of rotatable bonds is 7. The van der Waals surface area contributed by atoms with Crippen LogP contribution in [-0.4, -0.2) is 31.1 Å². The molecule has 0 aliphatic rings. The Bertz CT molecular complexity index is 1060. The minimum absolute atomic E-state index is 0.0266. The highest BCUT2D eigenvalue weighted by Crippen LogP contribution is 2.28. The number of hydrogen-bond donors (Lipinski definition) is 3. The summed E-state index contributed by atoms with van der Waals surface area (Å²) < 4.78 is 4.66. The number of aromatic hydroxyl groups is 1. The molecule has 0 aliphatic carbocycles. The van der Waals surface area contributed by atoms with Gasteiger partial charge in [0.2, 0.25) is 5.91 Å². The topological polar surface area (TPSA) is 87.7 Å². The summed E-state index contributed by atoms with van der Waals surface area (Å²) in [6.07, 6.45) is 0.340. The van der Waals surface area contributed by atoms with E-state index in [0.29, 0.717) is 13.0 Å². The lowest BCUT2D eigenvalue weighted by Gasteiger charge is -2.11. The van der Waals surface area contributed by atoms with Crippen LogP contribution in [0, 0.1) is 0 Å². The molecule has 154 valence electrons. The number of anilines is 1. The number of benzene rings is 3. The lowest BCUT2D eigenvalue weighted by atomic mass is 10.0. The van der Waals surface area contributed by atoms with Gasteiger partial charge in [-0.05, 0) is 52.6 Å². The third-order valence-electron chi connectivity index (χ3n) is 4.73. The van der Waals surface area contributed by atoms with Crippen LogP contribution in [0.5, 0.6) is 5.75 Å². The number of phenolic OH excluding ortho intramolecular Hbond substituents is 1. The average molecular weight is 404 g/mol. The molecule has 30 heavy (non-hydrogen) atoms. The fourth-order valence-corrected chi connectivity index (χ4v) is 3.12. The molecule has 6 nitrogen and oxygen atoms in total. The van der Waals surface area contributed by atoms with Gasteiger partial charge in [0.15, 0.2) is 0 Å².